The molecule has 28 heavy (non-hydrogen) atoms. The maximum Gasteiger partial charge on any atom is 0.290 e. The molecule has 2 aromatic carbocycles. The van der Waals surface area contributed by atoms with Gasteiger partial charge in [0.1, 0.15) is 11.3 Å². The second-order valence-corrected chi connectivity index (χ2v) is 6.92. The van der Waals surface area contributed by atoms with Gasteiger partial charge in [-0.25, -0.2) is 0 Å². The molecule has 0 saturated heterocycles. The molecule has 1 amide bonds. The molecule has 0 fully saturated rings. The van der Waals surface area contributed by atoms with Crippen molar-refractivity contribution in [2.45, 2.75) is 6.04 Å². The van der Waals surface area contributed by atoms with Crippen LogP contribution in [-0.2, 0) is 4.74 Å². The molecule has 0 bridgehead atoms. The van der Waals surface area contributed by atoms with Gasteiger partial charge >= 0.3 is 0 Å². The Bertz CT molecular complexity index is 1110. The quantitative estimate of drug-likeness (QED) is 0.655. The van der Waals surface area contributed by atoms with Gasteiger partial charge in [0, 0.05) is 18.7 Å². The summed E-state index contributed by atoms with van der Waals surface area (Å²) in [5, 5.41) is 0.785. The normalized spacial score (nSPS) is 15.9. The van der Waals surface area contributed by atoms with Crippen LogP contribution < -0.4 is 10.2 Å². The van der Waals surface area contributed by atoms with Gasteiger partial charge in [0.2, 0.25) is 5.76 Å². The number of carbonyl (C=O) groups is 1. The molecule has 1 atom stereocenters. The maximum absolute atomic E-state index is 13.3. The highest BCUT2D eigenvalue weighted by Gasteiger charge is 2.42. The second kappa shape index (κ2) is 7.30. The number of benzene rings is 2. The van der Waals surface area contributed by atoms with Gasteiger partial charge in [-0.1, -0.05) is 23.7 Å². The largest absolute Gasteiger partial charge is 0.497 e. The van der Waals surface area contributed by atoms with E-state index in [1.54, 1.807) is 49.5 Å². The molecule has 0 saturated carbocycles. The first kappa shape index (κ1) is 18.5. The van der Waals surface area contributed by atoms with Crippen LogP contribution in [-0.4, -0.2) is 38.2 Å². The zero-order valence-electron chi connectivity index (χ0n) is 15.4. The Kier molecular flexibility index (Phi) is 4.83. The molecule has 1 aromatic heterocycles. The summed E-state index contributed by atoms with van der Waals surface area (Å²) in [4.78, 5) is 27.9. The number of nitrogens with zero attached hydrogens (tertiary/aromatic N) is 1. The molecule has 0 aliphatic carbocycles. The number of halogens is 1. The van der Waals surface area contributed by atoms with Crippen LogP contribution in [0, 0.1) is 0 Å². The van der Waals surface area contributed by atoms with Gasteiger partial charge in [-0.05, 0) is 35.9 Å². The van der Waals surface area contributed by atoms with Crippen molar-refractivity contribution in [3.63, 3.8) is 0 Å². The first-order valence-electron chi connectivity index (χ1n) is 8.75. The van der Waals surface area contributed by atoms with Crippen molar-refractivity contribution in [3.8, 4) is 5.75 Å². The van der Waals surface area contributed by atoms with Crippen molar-refractivity contribution in [1.82, 2.24) is 4.90 Å². The summed E-state index contributed by atoms with van der Waals surface area (Å²) in [6.45, 7) is 0.665. The fourth-order valence-electron chi connectivity index (χ4n) is 3.55. The summed E-state index contributed by atoms with van der Waals surface area (Å²) in [6.07, 6.45) is 0. The van der Waals surface area contributed by atoms with E-state index < -0.39 is 6.04 Å². The van der Waals surface area contributed by atoms with Crippen molar-refractivity contribution in [3.05, 3.63) is 74.6 Å². The van der Waals surface area contributed by atoms with Crippen LogP contribution in [0.2, 0.25) is 5.02 Å². The Morgan fingerprint density at radius 3 is 2.54 bits per heavy atom. The number of methoxy groups -OCH3 is 2. The number of fused-ring (bicyclic) bond motifs is 2. The number of carbonyl (C=O) groups excluding carboxylic acids is 1. The predicted octanol–water partition coefficient (Wildman–Crippen LogP) is 3.65. The molecule has 0 N–H and O–H groups in total. The van der Waals surface area contributed by atoms with E-state index >= 15 is 0 Å². The van der Waals surface area contributed by atoms with E-state index in [4.69, 9.17) is 25.5 Å². The average molecular weight is 400 g/mol. The Morgan fingerprint density at radius 2 is 1.86 bits per heavy atom. The zero-order chi connectivity index (χ0) is 19.8. The summed E-state index contributed by atoms with van der Waals surface area (Å²) in [5.74, 6) is 0.424. The topological polar surface area (TPSA) is 69.0 Å². The van der Waals surface area contributed by atoms with Crippen LogP contribution >= 0.6 is 11.6 Å². The van der Waals surface area contributed by atoms with E-state index in [0.717, 1.165) is 5.56 Å². The Hall–Kier alpha value is -2.83. The average Bonchev–Trinajstić information content (AvgIpc) is 2.99. The molecule has 2 heterocycles. The first-order valence-corrected chi connectivity index (χ1v) is 9.13. The number of hydrogen-bond donors (Lipinski definition) is 0. The molecule has 7 heteroatoms. The molecular weight excluding hydrogens is 382 g/mol. The third-order valence-electron chi connectivity index (χ3n) is 4.90. The second-order valence-electron chi connectivity index (χ2n) is 6.48. The molecule has 1 unspecified atom stereocenters. The third kappa shape index (κ3) is 2.95. The molecule has 144 valence electrons. The van der Waals surface area contributed by atoms with E-state index in [2.05, 4.69) is 0 Å². The Labute approximate surface area is 166 Å². The van der Waals surface area contributed by atoms with Crippen LogP contribution in [0.25, 0.3) is 11.0 Å². The minimum absolute atomic E-state index is 0.0664. The molecule has 1 aliphatic rings. The fraction of sp³-hybridized carbons (Fsp3) is 0.238. The van der Waals surface area contributed by atoms with Gasteiger partial charge in [0.15, 0.2) is 5.43 Å². The first-order chi connectivity index (χ1) is 13.5. The monoisotopic (exact) mass is 399 g/mol. The highest BCUT2D eigenvalue weighted by atomic mass is 35.5. The number of hydrogen-bond acceptors (Lipinski definition) is 5. The molecule has 0 radical (unpaired) electrons. The van der Waals surface area contributed by atoms with Crippen molar-refractivity contribution >= 4 is 28.5 Å². The van der Waals surface area contributed by atoms with Crippen molar-refractivity contribution in [2.75, 3.05) is 27.4 Å². The maximum atomic E-state index is 13.3. The lowest BCUT2D eigenvalue weighted by Gasteiger charge is -2.24. The summed E-state index contributed by atoms with van der Waals surface area (Å²) in [7, 11) is 3.15. The Morgan fingerprint density at radius 1 is 1.11 bits per heavy atom. The number of rotatable bonds is 5. The van der Waals surface area contributed by atoms with E-state index in [9.17, 15) is 9.59 Å². The number of ether oxygens (including phenoxy) is 2. The molecular formula is C21H18ClNO5. The van der Waals surface area contributed by atoms with Crippen molar-refractivity contribution in [2.24, 2.45) is 0 Å². The summed E-state index contributed by atoms with van der Waals surface area (Å²) in [5.41, 5.74) is 1.19. The molecule has 4 rings (SSSR count). The van der Waals surface area contributed by atoms with Gasteiger partial charge in [-0.3, -0.25) is 9.59 Å². The minimum Gasteiger partial charge on any atom is -0.497 e. The summed E-state index contributed by atoms with van der Waals surface area (Å²) >= 11 is 6.07. The van der Waals surface area contributed by atoms with Gasteiger partial charge < -0.3 is 18.8 Å². The van der Waals surface area contributed by atoms with Gasteiger partial charge in [0.25, 0.3) is 5.91 Å². The third-order valence-corrected chi connectivity index (χ3v) is 5.13. The van der Waals surface area contributed by atoms with E-state index in [0.29, 0.717) is 40.5 Å². The van der Waals surface area contributed by atoms with Gasteiger partial charge in [-0.2, -0.15) is 0 Å². The molecule has 1 aliphatic heterocycles. The number of amides is 1. The Balaban J connectivity index is 1.94. The molecule has 0 spiro atoms. The van der Waals surface area contributed by atoms with Crippen molar-refractivity contribution in [1.29, 1.82) is 0 Å². The highest BCUT2D eigenvalue weighted by Crippen LogP contribution is 2.38. The molecule has 3 aromatic rings. The van der Waals surface area contributed by atoms with E-state index in [1.165, 1.54) is 0 Å². The van der Waals surface area contributed by atoms with Crippen LogP contribution in [0.1, 0.15) is 27.7 Å². The van der Waals surface area contributed by atoms with Crippen LogP contribution in [0.15, 0.2) is 51.7 Å². The van der Waals surface area contributed by atoms with Gasteiger partial charge in [-0.15, -0.1) is 0 Å². The van der Waals surface area contributed by atoms with Crippen molar-refractivity contribution < 1.29 is 18.7 Å². The summed E-state index contributed by atoms with van der Waals surface area (Å²) in [6, 6.07) is 11.5. The van der Waals surface area contributed by atoms with E-state index in [-0.39, 0.29) is 17.1 Å². The van der Waals surface area contributed by atoms with Crippen LogP contribution in [0.5, 0.6) is 5.75 Å². The highest BCUT2D eigenvalue weighted by molar-refractivity contribution is 6.31. The van der Waals surface area contributed by atoms with Gasteiger partial charge in [0.05, 0.1) is 30.7 Å². The SMILES string of the molecule is COCCN1C(=O)c2oc3ccc(Cl)cc3c(=O)c2C1c1ccc(OC)cc1. The minimum atomic E-state index is -0.566. The molecule has 6 nitrogen and oxygen atoms in total. The lowest BCUT2D eigenvalue weighted by molar-refractivity contribution is 0.0663. The van der Waals surface area contributed by atoms with Crippen LogP contribution in [0.3, 0.4) is 0 Å². The predicted molar refractivity (Wildman–Crippen MR) is 105 cm³/mol. The lowest BCUT2D eigenvalue weighted by atomic mass is 9.98. The zero-order valence-corrected chi connectivity index (χ0v) is 16.2. The lowest BCUT2D eigenvalue weighted by Crippen LogP contribution is -2.32. The summed E-state index contributed by atoms with van der Waals surface area (Å²) < 4.78 is 16.2. The van der Waals surface area contributed by atoms with E-state index in [1.807, 2.05) is 12.1 Å². The fourth-order valence-corrected chi connectivity index (χ4v) is 3.72. The van der Waals surface area contributed by atoms with Crippen LogP contribution in [0.4, 0.5) is 0 Å². The standard InChI is InChI=1S/C21H18ClNO5/c1-26-10-9-23-18(12-3-6-14(27-2)7-4-12)17-19(24)15-11-13(22)5-8-16(15)28-20(17)21(23)25/h3-8,11,18H,9-10H2,1-2H3. The smallest absolute Gasteiger partial charge is 0.290 e.